The Labute approximate surface area is 70.2 Å². The van der Waals surface area contributed by atoms with Gasteiger partial charge in [-0.1, -0.05) is 30.3 Å². The van der Waals surface area contributed by atoms with Crippen molar-refractivity contribution in [3.05, 3.63) is 46.0 Å². The van der Waals surface area contributed by atoms with Crippen LogP contribution in [0.2, 0.25) is 0 Å². The van der Waals surface area contributed by atoms with E-state index in [1.807, 2.05) is 30.3 Å². The van der Waals surface area contributed by atoms with Gasteiger partial charge in [0.05, 0.1) is 5.92 Å². The Morgan fingerprint density at radius 2 is 2.00 bits per heavy atom. The Morgan fingerprint density at radius 1 is 1.33 bits per heavy atom. The molecule has 0 unspecified atom stereocenters. The number of nitrogens with zero attached hydrogens (tertiary/aromatic N) is 1. The molecule has 0 amide bonds. The maximum absolute atomic E-state index is 10.4. The average molecular weight is 163 g/mol. The highest BCUT2D eigenvalue weighted by Gasteiger charge is 2.48. The van der Waals surface area contributed by atoms with Crippen LogP contribution in [-0.4, -0.2) is 11.0 Å². The Kier molecular flexibility index (Phi) is 1.57. The van der Waals surface area contributed by atoms with E-state index in [2.05, 4.69) is 0 Å². The van der Waals surface area contributed by atoms with Crippen LogP contribution < -0.4 is 0 Å². The summed E-state index contributed by atoms with van der Waals surface area (Å²) >= 11 is 0. The predicted molar refractivity (Wildman–Crippen MR) is 44.6 cm³/mol. The van der Waals surface area contributed by atoms with Crippen molar-refractivity contribution in [1.29, 1.82) is 0 Å². The number of nitro groups is 1. The Balaban J connectivity index is 2.11. The van der Waals surface area contributed by atoms with E-state index in [0.29, 0.717) is 6.42 Å². The molecule has 3 heteroatoms. The molecule has 2 atom stereocenters. The van der Waals surface area contributed by atoms with Crippen LogP contribution >= 0.6 is 0 Å². The summed E-state index contributed by atoms with van der Waals surface area (Å²) in [5, 5.41) is 10.4. The van der Waals surface area contributed by atoms with Crippen molar-refractivity contribution in [3.8, 4) is 0 Å². The molecule has 0 aromatic heterocycles. The van der Waals surface area contributed by atoms with E-state index in [4.69, 9.17) is 0 Å². The van der Waals surface area contributed by atoms with Gasteiger partial charge in [0.25, 0.3) is 0 Å². The Bertz CT molecular complexity index is 297. The van der Waals surface area contributed by atoms with E-state index >= 15 is 0 Å². The summed E-state index contributed by atoms with van der Waals surface area (Å²) in [6.07, 6.45) is 0.705. The molecule has 0 heterocycles. The van der Waals surface area contributed by atoms with Crippen LogP contribution in [0.3, 0.4) is 0 Å². The molecule has 1 aliphatic carbocycles. The first-order valence-corrected chi connectivity index (χ1v) is 3.97. The van der Waals surface area contributed by atoms with Crippen molar-refractivity contribution in [2.75, 3.05) is 0 Å². The third-order valence-corrected chi connectivity index (χ3v) is 2.26. The van der Waals surface area contributed by atoms with Gasteiger partial charge in [-0.15, -0.1) is 0 Å². The molecule has 1 saturated carbocycles. The summed E-state index contributed by atoms with van der Waals surface area (Å²) in [4.78, 5) is 10.2. The minimum absolute atomic E-state index is 0.168. The lowest BCUT2D eigenvalue weighted by Crippen LogP contribution is -2.02. The average Bonchev–Trinajstić information content (AvgIpc) is 2.84. The summed E-state index contributed by atoms with van der Waals surface area (Å²) in [6.45, 7) is 0. The second-order valence-corrected chi connectivity index (χ2v) is 3.11. The fourth-order valence-electron chi connectivity index (χ4n) is 1.47. The maximum Gasteiger partial charge on any atom is 0.221 e. The van der Waals surface area contributed by atoms with Gasteiger partial charge in [-0.3, -0.25) is 10.1 Å². The Morgan fingerprint density at radius 3 is 2.50 bits per heavy atom. The first-order valence-electron chi connectivity index (χ1n) is 3.97. The van der Waals surface area contributed by atoms with Gasteiger partial charge >= 0.3 is 0 Å². The molecule has 0 aliphatic heterocycles. The van der Waals surface area contributed by atoms with Gasteiger partial charge in [0.2, 0.25) is 6.04 Å². The van der Waals surface area contributed by atoms with Crippen LogP contribution in [0.5, 0.6) is 0 Å². The Hall–Kier alpha value is -1.38. The van der Waals surface area contributed by atoms with E-state index in [9.17, 15) is 10.1 Å². The van der Waals surface area contributed by atoms with Gasteiger partial charge in [0, 0.05) is 11.3 Å². The second kappa shape index (κ2) is 2.59. The second-order valence-electron chi connectivity index (χ2n) is 3.11. The predicted octanol–water partition coefficient (Wildman–Crippen LogP) is 1.82. The van der Waals surface area contributed by atoms with E-state index in [-0.39, 0.29) is 16.9 Å². The quantitative estimate of drug-likeness (QED) is 0.493. The SMILES string of the molecule is O=[N+]([O-])[C@H]1C[C@@H]1c1ccccc1. The molecule has 1 fully saturated rings. The van der Waals surface area contributed by atoms with E-state index in [1.165, 1.54) is 0 Å². The van der Waals surface area contributed by atoms with Gasteiger partial charge in [-0.05, 0) is 5.56 Å². The molecule has 0 spiro atoms. The molecular formula is C9H9NO2. The zero-order valence-electron chi connectivity index (χ0n) is 6.51. The number of benzene rings is 1. The van der Waals surface area contributed by atoms with Crippen molar-refractivity contribution >= 4 is 0 Å². The summed E-state index contributed by atoms with van der Waals surface area (Å²) in [5.41, 5.74) is 1.10. The topological polar surface area (TPSA) is 43.1 Å². The lowest BCUT2D eigenvalue weighted by molar-refractivity contribution is -0.496. The van der Waals surface area contributed by atoms with Crippen LogP contribution in [0.15, 0.2) is 30.3 Å². The van der Waals surface area contributed by atoms with Crippen LogP contribution in [-0.2, 0) is 0 Å². The molecule has 1 aromatic rings. The summed E-state index contributed by atoms with van der Waals surface area (Å²) in [6, 6.07) is 9.34. The summed E-state index contributed by atoms with van der Waals surface area (Å²) in [7, 11) is 0. The highest BCUT2D eigenvalue weighted by atomic mass is 16.6. The van der Waals surface area contributed by atoms with Gasteiger partial charge in [-0.25, -0.2) is 0 Å². The fourth-order valence-corrected chi connectivity index (χ4v) is 1.47. The summed E-state index contributed by atoms with van der Waals surface area (Å²) in [5.74, 6) is 0.168. The van der Waals surface area contributed by atoms with Crippen molar-refractivity contribution in [3.63, 3.8) is 0 Å². The maximum atomic E-state index is 10.4. The molecule has 0 saturated heterocycles. The van der Waals surface area contributed by atoms with Gasteiger partial charge in [0.15, 0.2) is 0 Å². The number of rotatable bonds is 2. The van der Waals surface area contributed by atoms with E-state index in [1.54, 1.807) is 0 Å². The molecule has 0 radical (unpaired) electrons. The van der Waals surface area contributed by atoms with Gasteiger partial charge < -0.3 is 0 Å². The molecule has 1 aromatic carbocycles. The van der Waals surface area contributed by atoms with E-state index in [0.717, 1.165) is 5.56 Å². The lowest BCUT2D eigenvalue weighted by Gasteiger charge is -1.93. The first kappa shape index (κ1) is 7.28. The van der Waals surface area contributed by atoms with Crippen molar-refractivity contribution in [2.24, 2.45) is 0 Å². The molecular weight excluding hydrogens is 154 g/mol. The summed E-state index contributed by atoms with van der Waals surface area (Å²) < 4.78 is 0. The van der Waals surface area contributed by atoms with Crippen molar-refractivity contribution in [2.45, 2.75) is 18.4 Å². The molecule has 0 N–H and O–H groups in total. The first-order chi connectivity index (χ1) is 5.79. The van der Waals surface area contributed by atoms with E-state index < -0.39 is 0 Å². The van der Waals surface area contributed by atoms with Crippen LogP contribution in [0, 0.1) is 10.1 Å². The molecule has 1 aliphatic rings. The molecule has 2 rings (SSSR count). The largest absolute Gasteiger partial charge is 0.264 e. The standard InChI is InChI=1S/C9H9NO2/c11-10(12)9-6-8(9)7-4-2-1-3-5-7/h1-5,8-9H,6H2/t8-,9+/m1/s1. The zero-order chi connectivity index (χ0) is 8.55. The smallest absolute Gasteiger partial charge is 0.221 e. The number of hydrogen-bond acceptors (Lipinski definition) is 2. The zero-order valence-corrected chi connectivity index (χ0v) is 6.51. The highest BCUT2D eigenvalue weighted by molar-refractivity contribution is 5.26. The highest BCUT2D eigenvalue weighted by Crippen LogP contribution is 2.42. The fraction of sp³-hybridized carbons (Fsp3) is 0.333. The van der Waals surface area contributed by atoms with Crippen LogP contribution in [0.25, 0.3) is 0 Å². The third kappa shape index (κ3) is 1.18. The minimum Gasteiger partial charge on any atom is -0.264 e. The van der Waals surface area contributed by atoms with Crippen LogP contribution in [0.4, 0.5) is 0 Å². The van der Waals surface area contributed by atoms with Crippen LogP contribution in [0.1, 0.15) is 17.9 Å². The normalized spacial score (nSPS) is 26.7. The molecule has 12 heavy (non-hydrogen) atoms. The molecule has 3 nitrogen and oxygen atoms in total. The van der Waals surface area contributed by atoms with Gasteiger partial charge in [-0.2, -0.15) is 0 Å². The minimum atomic E-state index is -0.326. The molecule has 0 bridgehead atoms. The van der Waals surface area contributed by atoms with Gasteiger partial charge in [0.1, 0.15) is 0 Å². The monoisotopic (exact) mass is 163 g/mol. The third-order valence-electron chi connectivity index (χ3n) is 2.26. The molecule has 62 valence electrons. The number of hydrogen-bond donors (Lipinski definition) is 0. The van der Waals surface area contributed by atoms with Crippen molar-refractivity contribution in [1.82, 2.24) is 0 Å². The lowest BCUT2D eigenvalue weighted by atomic mass is 10.1. The van der Waals surface area contributed by atoms with Crippen molar-refractivity contribution < 1.29 is 4.92 Å².